The monoisotopic (exact) mass is 302 g/mol. The molecule has 0 aliphatic carbocycles. The first-order valence-corrected chi connectivity index (χ1v) is 6.85. The van der Waals surface area contributed by atoms with E-state index in [9.17, 15) is 14.4 Å². The van der Waals surface area contributed by atoms with Gasteiger partial charge in [0.25, 0.3) is 11.5 Å². The van der Waals surface area contributed by atoms with Crippen LogP contribution in [0.5, 0.6) is 0 Å². The van der Waals surface area contributed by atoms with Crippen LogP contribution in [0.1, 0.15) is 35.8 Å². The molecule has 22 heavy (non-hydrogen) atoms. The molecule has 2 heterocycles. The lowest BCUT2D eigenvalue weighted by atomic mass is 10.1. The highest BCUT2D eigenvalue weighted by Crippen LogP contribution is 2.12. The van der Waals surface area contributed by atoms with E-state index in [0.29, 0.717) is 5.56 Å². The van der Waals surface area contributed by atoms with Crippen molar-refractivity contribution in [1.82, 2.24) is 14.1 Å². The molecule has 0 aliphatic heterocycles. The molecule has 0 saturated heterocycles. The second kappa shape index (κ2) is 5.97. The molecule has 2 aromatic heterocycles. The number of anilines is 1. The van der Waals surface area contributed by atoms with Crippen molar-refractivity contribution in [3.63, 3.8) is 0 Å². The predicted octanol–water partition coefficient (Wildman–Crippen LogP) is 0.855. The van der Waals surface area contributed by atoms with Crippen LogP contribution in [0.15, 0.2) is 34.1 Å². The van der Waals surface area contributed by atoms with Gasteiger partial charge in [-0.2, -0.15) is 0 Å². The van der Waals surface area contributed by atoms with Crippen LogP contribution in [0, 0.1) is 0 Å². The molecule has 1 N–H and O–H groups in total. The summed E-state index contributed by atoms with van der Waals surface area (Å²) in [6, 6.07) is 3.43. The largest absolute Gasteiger partial charge is 0.330 e. The summed E-state index contributed by atoms with van der Waals surface area (Å²) in [5, 5.41) is 2.51. The molecule has 0 aliphatic rings. The van der Waals surface area contributed by atoms with Crippen LogP contribution in [-0.4, -0.2) is 20.0 Å². The van der Waals surface area contributed by atoms with Crippen molar-refractivity contribution in [2.45, 2.75) is 19.8 Å². The third-order valence-electron chi connectivity index (χ3n) is 3.33. The topological polar surface area (TPSA) is 86.0 Å². The minimum atomic E-state index is -0.553. The third kappa shape index (κ3) is 2.98. The quantitative estimate of drug-likeness (QED) is 0.911. The Hall–Kier alpha value is -2.70. The van der Waals surface area contributed by atoms with Gasteiger partial charge < -0.3 is 9.88 Å². The van der Waals surface area contributed by atoms with Crippen LogP contribution in [0.3, 0.4) is 0 Å². The van der Waals surface area contributed by atoms with Gasteiger partial charge in [-0.05, 0) is 18.1 Å². The van der Waals surface area contributed by atoms with Gasteiger partial charge in [0.15, 0.2) is 0 Å². The number of pyridine rings is 1. The Balaban J connectivity index is 2.30. The minimum absolute atomic E-state index is 0.0440. The zero-order valence-electron chi connectivity index (χ0n) is 13.0. The number of amides is 1. The summed E-state index contributed by atoms with van der Waals surface area (Å²) in [6.45, 7) is 4.02. The summed E-state index contributed by atoms with van der Waals surface area (Å²) < 4.78 is 2.17. The van der Waals surface area contributed by atoms with E-state index in [1.807, 2.05) is 13.8 Å². The van der Waals surface area contributed by atoms with E-state index in [2.05, 4.69) is 10.3 Å². The molecule has 0 unspecified atom stereocenters. The van der Waals surface area contributed by atoms with Gasteiger partial charge in [-0.1, -0.05) is 13.8 Å². The average molecular weight is 302 g/mol. The highest BCUT2D eigenvalue weighted by Gasteiger charge is 2.12. The number of nitrogens with one attached hydrogen (secondary N) is 1. The van der Waals surface area contributed by atoms with Crippen molar-refractivity contribution in [3.8, 4) is 0 Å². The summed E-state index contributed by atoms with van der Waals surface area (Å²) in [6.07, 6.45) is 2.77. The number of nitrogens with zero attached hydrogens (tertiary/aromatic N) is 3. The second-order valence-corrected chi connectivity index (χ2v) is 5.38. The molecule has 0 saturated carbocycles. The maximum atomic E-state index is 12.2. The summed E-state index contributed by atoms with van der Waals surface area (Å²) in [7, 11) is 2.87. The van der Waals surface area contributed by atoms with Gasteiger partial charge in [-0.15, -0.1) is 0 Å². The van der Waals surface area contributed by atoms with Crippen molar-refractivity contribution >= 4 is 11.6 Å². The van der Waals surface area contributed by atoms with Gasteiger partial charge in [0.1, 0.15) is 5.69 Å². The second-order valence-electron chi connectivity index (χ2n) is 5.38. The smallest absolute Gasteiger partial charge is 0.316 e. The van der Waals surface area contributed by atoms with Crippen molar-refractivity contribution in [2.75, 3.05) is 5.32 Å². The Morgan fingerprint density at radius 2 is 1.91 bits per heavy atom. The summed E-state index contributed by atoms with van der Waals surface area (Å²) in [4.78, 5) is 40.0. The molecular formula is C15H18N4O3. The van der Waals surface area contributed by atoms with Gasteiger partial charge in [-0.25, -0.2) is 4.79 Å². The van der Waals surface area contributed by atoms with Crippen LogP contribution in [0.4, 0.5) is 5.69 Å². The number of hydrogen-bond donors (Lipinski definition) is 1. The van der Waals surface area contributed by atoms with Gasteiger partial charge >= 0.3 is 5.69 Å². The highest BCUT2D eigenvalue weighted by atomic mass is 16.2. The average Bonchev–Trinajstić information content (AvgIpc) is 2.50. The first kappa shape index (κ1) is 15.7. The molecule has 0 aromatic carbocycles. The van der Waals surface area contributed by atoms with E-state index in [-0.39, 0.29) is 11.6 Å². The lowest BCUT2D eigenvalue weighted by Gasteiger charge is -2.09. The van der Waals surface area contributed by atoms with Crippen molar-refractivity contribution < 1.29 is 4.79 Å². The zero-order valence-corrected chi connectivity index (χ0v) is 13.0. The van der Waals surface area contributed by atoms with Crippen LogP contribution < -0.4 is 16.6 Å². The number of aryl methyl sites for hydroxylation is 1. The van der Waals surface area contributed by atoms with Crippen molar-refractivity contribution in [1.29, 1.82) is 0 Å². The number of rotatable bonds is 3. The third-order valence-corrected chi connectivity index (χ3v) is 3.33. The number of hydrogen-bond acceptors (Lipinski definition) is 4. The number of carbonyl (C=O) groups is 1. The Morgan fingerprint density at radius 3 is 2.45 bits per heavy atom. The Bertz CT molecular complexity index is 816. The summed E-state index contributed by atoms with van der Waals surface area (Å²) >= 11 is 0. The molecule has 1 amide bonds. The van der Waals surface area contributed by atoms with Gasteiger partial charge in [0, 0.05) is 32.2 Å². The van der Waals surface area contributed by atoms with Gasteiger partial charge in [0.2, 0.25) is 0 Å². The maximum Gasteiger partial charge on any atom is 0.330 e. The van der Waals surface area contributed by atoms with Crippen LogP contribution in [0.25, 0.3) is 0 Å². The van der Waals surface area contributed by atoms with E-state index in [1.54, 1.807) is 12.1 Å². The fraction of sp³-hybridized carbons (Fsp3) is 0.333. The SMILES string of the molecule is CC(C)c1ccc(C(=O)Nc2cn(C)c(=O)n(C)c2=O)cn1. The molecule has 7 heteroatoms. The molecule has 2 aromatic rings. The normalized spacial score (nSPS) is 10.8. The van der Waals surface area contributed by atoms with E-state index < -0.39 is 17.2 Å². The Morgan fingerprint density at radius 1 is 1.23 bits per heavy atom. The van der Waals surface area contributed by atoms with E-state index in [1.165, 1.54) is 31.1 Å². The van der Waals surface area contributed by atoms with Crippen molar-refractivity contribution in [2.24, 2.45) is 14.1 Å². The lowest BCUT2D eigenvalue weighted by Crippen LogP contribution is -2.38. The molecule has 7 nitrogen and oxygen atoms in total. The molecule has 2 rings (SSSR count). The van der Waals surface area contributed by atoms with Crippen LogP contribution in [0.2, 0.25) is 0 Å². The number of aromatic nitrogens is 3. The van der Waals surface area contributed by atoms with Gasteiger partial charge in [0.05, 0.1) is 5.56 Å². The molecule has 0 atom stereocenters. The first-order chi connectivity index (χ1) is 10.3. The minimum Gasteiger partial charge on any atom is -0.316 e. The van der Waals surface area contributed by atoms with E-state index in [4.69, 9.17) is 0 Å². The zero-order chi connectivity index (χ0) is 16.4. The van der Waals surface area contributed by atoms with Crippen LogP contribution >= 0.6 is 0 Å². The maximum absolute atomic E-state index is 12.2. The highest BCUT2D eigenvalue weighted by molar-refractivity contribution is 6.03. The number of carbonyl (C=O) groups excluding carboxylic acids is 1. The fourth-order valence-electron chi connectivity index (χ4n) is 1.97. The van der Waals surface area contributed by atoms with Gasteiger partial charge in [-0.3, -0.25) is 19.1 Å². The van der Waals surface area contributed by atoms with E-state index >= 15 is 0 Å². The lowest BCUT2D eigenvalue weighted by molar-refractivity contribution is 0.102. The summed E-state index contributed by atoms with van der Waals surface area (Å²) in [5.41, 5.74) is 0.270. The molecule has 0 bridgehead atoms. The fourth-order valence-corrected chi connectivity index (χ4v) is 1.97. The van der Waals surface area contributed by atoms with E-state index in [0.717, 1.165) is 10.3 Å². The Kier molecular flexibility index (Phi) is 4.25. The van der Waals surface area contributed by atoms with Crippen LogP contribution in [-0.2, 0) is 14.1 Å². The molecule has 0 radical (unpaired) electrons. The molecule has 0 fully saturated rings. The standard InChI is InChI=1S/C15H18N4O3/c1-9(2)11-6-5-10(7-16-11)13(20)17-12-8-18(3)15(22)19(4)14(12)21/h5-9H,1-4H3,(H,17,20). The molecule has 116 valence electrons. The first-order valence-electron chi connectivity index (χ1n) is 6.85. The summed E-state index contributed by atoms with van der Waals surface area (Å²) in [5.74, 6) is -0.174. The molecule has 0 spiro atoms. The predicted molar refractivity (Wildman–Crippen MR) is 83.2 cm³/mol. The Labute approximate surface area is 127 Å². The molecular weight excluding hydrogens is 284 g/mol. The van der Waals surface area contributed by atoms with Crippen molar-refractivity contribution in [3.05, 3.63) is 56.6 Å².